The minimum Gasteiger partial charge on any atom is -0.338 e. The molecule has 1 unspecified atom stereocenters. The summed E-state index contributed by atoms with van der Waals surface area (Å²) in [7, 11) is 0. The van der Waals surface area contributed by atoms with Gasteiger partial charge < -0.3 is 15.5 Å². The molecule has 2 amide bonds. The number of halogens is 1. The summed E-state index contributed by atoms with van der Waals surface area (Å²) in [5, 5.41) is 6.38. The van der Waals surface area contributed by atoms with Gasteiger partial charge in [-0.25, -0.2) is 4.79 Å². The molecule has 104 valence electrons. The maximum absolute atomic E-state index is 11.7. The van der Waals surface area contributed by atoms with Crippen molar-refractivity contribution in [1.82, 2.24) is 10.2 Å². The van der Waals surface area contributed by atoms with E-state index in [4.69, 9.17) is 11.6 Å². The number of urea groups is 1. The molecule has 0 bridgehead atoms. The smallest absolute Gasteiger partial charge is 0.319 e. The van der Waals surface area contributed by atoms with Gasteiger partial charge in [0.2, 0.25) is 0 Å². The molecule has 0 radical (unpaired) electrons. The van der Waals surface area contributed by atoms with Gasteiger partial charge in [-0.15, -0.1) is 0 Å². The highest BCUT2D eigenvalue weighted by Gasteiger charge is 2.21. The van der Waals surface area contributed by atoms with Gasteiger partial charge in [-0.1, -0.05) is 18.5 Å². The molecule has 1 aliphatic heterocycles. The molecule has 4 nitrogen and oxygen atoms in total. The lowest BCUT2D eigenvalue weighted by Crippen LogP contribution is -2.34. The van der Waals surface area contributed by atoms with Gasteiger partial charge in [-0.05, 0) is 49.7 Å². The van der Waals surface area contributed by atoms with E-state index in [1.807, 2.05) is 0 Å². The quantitative estimate of drug-likeness (QED) is 0.891. The zero-order valence-electron chi connectivity index (χ0n) is 11.2. The summed E-state index contributed by atoms with van der Waals surface area (Å²) in [5.41, 5.74) is 0.753. The van der Waals surface area contributed by atoms with E-state index in [0.29, 0.717) is 10.9 Å². The van der Waals surface area contributed by atoms with E-state index >= 15 is 0 Å². The van der Waals surface area contributed by atoms with Crippen LogP contribution in [0.5, 0.6) is 0 Å². The molecule has 0 saturated carbocycles. The lowest BCUT2D eigenvalue weighted by molar-refractivity contribution is 0.250. The molecule has 0 aromatic heterocycles. The van der Waals surface area contributed by atoms with Gasteiger partial charge in [0.1, 0.15) is 0 Å². The number of rotatable bonds is 4. The number of likely N-dealkylation sites (tertiary alicyclic amines) is 1. The minimum atomic E-state index is -0.155. The van der Waals surface area contributed by atoms with Crippen molar-refractivity contribution in [2.75, 3.05) is 31.5 Å². The SMILES string of the molecule is CCN1CCC(CNC(=O)Nc2ccc(Cl)cc2)C1. The lowest BCUT2D eigenvalue weighted by atomic mass is 10.1. The first-order valence-corrected chi connectivity index (χ1v) is 7.08. The Labute approximate surface area is 119 Å². The third-order valence-corrected chi connectivity index (χ3v) is 3.72. The first-order chi connectivity index (χ1) is 9.17. The van der Waals surface area contributed by atoms with Gasteiger partial charge in [-0.2, -0.15) is 0 Å². The Morgan fingerprint density at radius 2 is 2.16 bits per heavy atom. The number of hydrogen-bond donors (Lipinski definition) is 2. The van der Waals surface area contributed by atoms with Crippen LogP contribution in [0.3, 0.4) is 0 Å². The number of nitrogens with zero attached hydrogens (tertiary/aromatic N) is 1. The first kappa shape index (κ1) is 14.2. The molecule has 19 heavy (non-hydrogen) atoms. The van der Waals surface area contributed by atoms with Crippen LogP contribution in [-0.2, 0) is 0 Å². The van der Waals surface area contributed by atoms with Crippen LogP contribution in [0.25, 0.3) is 0 Å². The topological polar surface area (TPSA) is 44.4 Å². The maximum atomic E-state index is 11.7. The van der Waals surface area contributed by atoms with E-state index in [2.05, 4.69) is 22.5 Å². The number of hydrogen-bond acceptors (Lipinski definition) is 2. The van der Waals surface area contributed by atoms with Crippen LogP contribution in [0.1, 0.15) is 13.3 Å². The second-order valence-electron chi connectivity index (χ2n) is 4.89. The highest BCUT2D eigenvalue weighted by molar-refractivity contribution is 6.30. The fraction of sp³-hybridized carbons (Fsp3) is 0.500. The van der Waals surface area contributed by atoms with E-state index in [0.717, 1.165) is 38.3 Å². The summed E-state index contributed by atoms with van der Waals surface area (Å²) in [6, 6.07) is 6.94. The van der Waals surface area contributed by atoms with E-state index < -0.39 is 0 Å². The van der Waals surface area contributed by atoms with Gasteiger partial charge in [0, 0.05) is 23.8 Å². The molecule has 1 fully saturated rings. The third kappa shape index (κ3) is 4.40. The molecule has 5 heteroatoms. The van der Waals surface area contributed by atoms with Crippen LogP contribution >= 0.6 is 11.6 Å². The molecule has 2 N–H and O–H groups in total. The Kier molecular flexibility index (Phi) is 5.05. The molecule has 1 aromatic rings. The van der Waals surface area contributed by atoms with E-state index in [-0.39, 0.29) is 6.03 Å². The fourth-order valence-electron chi connectivity index (χ4n) is 2.31. The van der Waals surface area contributed by atoms with Crippen LogP contribution in [0.4, 0.5) is 10.5 Å². The molecule has 2 rings (SSSR count). The number of carbonyl (C=O) groups is 1. The zero-order valence-corrected chi connectivity index (χ0v) is 11.9. The van der Waals surface area contributed by atoms with Crippen LogP contribution in [-0.4, -0.2) is 37.1 Å². The van der Waals surface area contributed by atoms with Crippen molar-refractivity contribution in [3.05, 3.63) is 29.3 Å². The largest absolute Gasteiger partial charge is 0.338 e. The van der Waals surface area contributed by atoms with Gasteiger partial charge in [0.05, 0.1) is 0 Å². The average Bonchev–Trinajstić information content (AvgIpc) is 2.87. The van der Waals surface area contributed by atoms with Crippen molar-refractivity contribution in [3.8, 4) is 0 Å². The molecule has 0 spiro atoms. The van der Waals surface area contributed by atoms with Crippen LogP contribution < -0.4 is 10.6 Å². The summed E-state index contributed by atoms with van der Waals surface area (Å²) in [6.07, 6.45) is 1.16. The Morgan fingerprint density at radius 3 is 2.79 bits per heavy atom. The second-order valence-corrected chi connectivity index (χ2v) is 5.33. The normalized spacial score (nSPS) is 19.4. The third-order valence-electron chi connectivity index (χ3n) is 3.47. The molecular weight excluding hydrogens is 262 g/mol. The molecular formula is C14H20ClN3O. The minimum absolute atomic E-state index is 0.155. The molecule has 1 aliphatic rings. The molecule has 1 atom stereocenters. The monoisotopic (exact) mass is 281 g/mol. The molecule has 1 aromatic carbocycles. The summed E-state index contributed by atoms with van der Waals surface area (Å²) in [5.74, 6) is 0.566. The number of nitrogens with one attached hydrogen (secondary N) is 2. The predicted molar refractivity (Wildman–Crippen MR) is 78.7 cm³/mol. The second kappa shape index (κ2) is 6.78. The summed E-state index contributed by atoms with van der Waals surface area (Å²) < 4.78 is 0. The van der Waals surface area contributed by atoms with Gasteiger partial charge in [0.15, 0.2) is 0 Å². The van der Waals surface area contributed by atoms with Gasteiger partial charge in [0.25, 0.3) is 0 Å². The molecule has 1 heterocycles. The summed E-state index contributed by atoms with van der Waals surface area (Å²) in [6.45, 7) is 6.21. The van der Waals surface area contributed by atoms with Crippen LogP contribution in [0.15, 0.2) is 24.3 Å². The first-order valence-electron chi connectivity index (χ1n) is 6.70. The molecule has 0 aliphatic carbocycles. The Morgan fingerprint density at radius 1 is 1.42 bits per heavy atom. The lowest BCUT2D eigenvalue weighted by Gasteiger charge is -2.14. The van der Waals surface area contributed by atoms with Crippen molar-refractivity contribution < 1.29 is 4.79 Å². The van der Waals surface area contributed by atoms with Crippen molar-refractivity contribution in [2.45, 2.75) is 13.3 Å². The van der Waals surface area contributed by atoms with Crippen LogP contribution in [0.2, 0.25) is 5.02 Å². The van der Waals surface area contributed by atoms with Gasteiger partial charge >= 0.3 is 6.03 Å². The van der Waals surface area contributed by atoms with Crippen molar-refractivity contribution in [3.63, 3.8) is 0 Å². The van der Waals surface area contributed by atoms with Crippen molar-refractivity contribution in [2.24, 2.45) is 5.92 Å². The Balaban J connectivity index is 1.71. The molecule has 1 saturated heterocycles. The van der Waals surface area contributed by atoms with E-state index in [1.165, 1.54) is 0 Å². The average molecular weight is 282 g/mol. The number of carbonyl (C=O) groups excluding carboxylic acids is 1. The van der Waals surface area contributed by atoms with Crippen LogP contribution in [0, 0.1) is 5.92 Å². The van der Waals surface area contributed by atoms with E-state index in [9.17, 15) is 4.79 Å². The predicted octanol–water partition coefficient (Wildman–Crippen LogP) is 2.80. The maximum Gasteiger partial charge on any atom is 0.319 e. The summed E-state index contributed by atoms with van der Waals surface area (Å²) >= 11 is 5.79. The highest BCUT2D eigenvalue weighted by atomic mass is 35.5. The van der Waals surface area contributed by atoms with Gasteiger partial charge in [-0.3, -0.25) is 0 Å². The fourth-order valence-corrected chi connectivity index (χ4v) is 2.44. The number of amides is 2. The standard InChI is InChI=1S/C14H20ClN3O/c1-2-18-8-7-11(10-18)9-16-14(19)17-13-5-3-12(15)4-6-13/h3-6,11H,2,7-10H2,1H3,(H2,16,17,19). The summed E-state index contributed by atoms with van der Waals surface area (Å²) in [4.78, 5) is 14.1. The Hall–Kier alpha value is -1.26. The number of anilines is 1. The van der Waals surface area contributed by atoms with Crippen molar-refractivity contribution in [1.29, 1.82) is 0 Å². The van der Waals surface area contributed by atoms with Crippen molar-refractivity contribution >= 4 is 23.3 Å². The zero-order chi connectivity index (χ0) is 13.7. The Bertz CT molecular complexity index is 421. The van der Waals surface area contributed by atoms with E-state index in [1.54, 1.807) is 24.3 Å². The highest BCUT2D eigenvalue weighted by Crippen LogP contribution is 2.15. The number of benzene rings is 1.